The fourth-order valence-electron chi connectivity index (χ4n) is 2.12. The first-order chi connectivity index (χ1) is 9.74. The molecule has 6 heteroatoms. The van der Waals surface area contributed by atoms with Gasteiger partial charge in [0.2, 0.25) is 0 Å². The number of nitrogens with two attached hydrogens (primary N) is 1. The summed E-state index contributed by atoms with van der Waals surface area (Å²) in [4.78, 5) is 22.6. The van der Waals surface area contributed by atoms with E-state index in [4.69, 9.17) is 5.73 Å². The third-order valence-corrected chi connectivity index (χ3v) is 3.36. The zero-order chi connectivity index (χ0) is 13.9. The second-order valence-corrected chi connectivity index (χ2v) is 5.00. The second kappa shape index (κ2) is 6.54. The quantitative estimate of drug-likeness (QED) is 0.940. The predicted molar refractivity (Wildman–Crippen MR) is 83.0 cm³/mol. The molecule has 1 aliphatic carbocycles. The van der Waals surface area contributed by atoms with Crippen LogP contribution in [0.3, 0.4) is 0 Å². The minimum absolute atomic E-state index is 0. The number of hydrogen-bond acceptors (Lipinski definition) is 4. The molecule has 0 spiro atoms. The van der Waals surface area contributed by atoms with Crippen LogP contribution >= 0.6 is 12.4 Å². The monoisotopic (exact) mass is 304 g/mol. The lowest BCUT2D eigenvalue weighted by atomic mass is 10.2. The Morgan fingerprint density at radius 1 is 1.24 bits per heavy atom. The summed E-state index contributed by atoms with van der Waals surface area (Å²) in [6, 6.07) is 7.57. The largest absolute Gasteiger partial charge is 0.397 e. The van der Waals surface area contributed by atoms with Gasteiger partial charge in [-0.2, -0.15) is 0 Å². The van der Waals surface area contributed by atoms with Crippen molar-refractivity contribution in [3.63, 3.8) is 0 Å². The SMILES string of the molecule is Cl.Nc1ccc(C(=O)N(Cc2ccncc2)C2CC2)nc1. The lowest BCUT2D eigenvalue weighted by Gasteiger charge is -2.22. The van der Waals surface area contributed by atoms with Gasteiger partial charge in [0.25, 0.3) is 5.91 Å². The van der Waals surface area contributed by atoms with Crippen LogP contribution in [0.4, 0.5) is 5.69 Å². The van der Waals surface area contributed by atoms with Crippen LogP contribution in [-0.4, -0.2) is 26.8 Å². The number of nitrogens with zero attached hydrogens (tertiary/aromatic N) is 3. The van der Waals surface area contributed by atoms with Gasteiger partial charge in [-0.1, -0.05) is 0 Å². The highest BCUT2D eigenvalue weighted by molar-refractivity contribution is 5.92. The number of hydrogen-bond donors (Lipinski definition) is 1. The van der Waals surface area contributed by atoms with E-state index in [1.165, 1.54) is 6.20 Å². The summed E-state index contributed by atoms with van der Waals surface area (Å²) in [7, 11) is 0. The van der Waals surface area contributed by atoms with Gasteiger partial charge >= 0.3 is 0 Å². The fourth-order valence-corrected chi connectivity index (χ4v) is 2.12. The number of amides is 1. The van der Waals surface area contributed by atoms with E-state index in [1.807, 2.05) is 17.0 Å². The Kier molecular flexibility index (Phi) is 4.75. The molecule has 0 aliphatic heterocycles. The molecule has 0 radical (unpaired) electrons. The highest BCUT2D eigenvalue weighted by atomic mass is 35.5. The first kappa shape index (κ1) is 15.3. The minimum atomic E-state index is -0.0377. The molecule has 2 aromatic heterocycles. The molecule has 1 aliphatic rings. The summed E-state index contributed by atoms with van der Waals surface area (Å²) in [5, 5.41) is 0. The van der Waals surface area contributed by atoms with Crippen LogP contribution in [0.5, 0.6) is 0 Å². The lowest BCUT2D eigenvalue weighted by molar-refractivity contribution is 0.0724. The van der Waals surface area contributed by atoms with Crippen molar-refractivity contribution in [3.8, 4) is 0 Å². The number of rotatable bonds is 4. The number of nitrogen functional groups attached to an aromatic ring is 1. The van der Waals surface area contributed by atoms with Gasteiger partial charge in [0.1, 0.15) is 5.69 Å². The molecular weight excluding hydrogens is 288 g/mol. The number of pyridine rings is 2. The van der Waals surface area contributed by atoms with Crippen LogP contribution in [0.25, 0.3) is 0 Å². The molecule has 2 N–H and O–H groups in total. The topological polar surface area (TPSA) is 72.1 Å². The average Bonchev–Trinajstić information content (AvgIpc) is 3.30. The van der Waals surface area contributed by atoms with E-state index in [1.54, 1.807) is 24.5 Å². The molecule has 5 nitrogen and oxygen atoms in total. The summed E-state index contributed by atoms with van der Waals surface area (Å²) < 4.78 is 0. The van der Waals surface area contributed by atoms with E-state index in [-0.39, 0.29) is 18.3 Å². The second-order valence-electron chi connectivity index (χ2n) is 5.00. The molecule has 0 aromatic carbocycles. The van der Waals surface area contributed by atoms with Crippen molar-refractivity contribution in [1.82, 2.24) is 14.9 Å². The molecule has 0 unspecified atom stereocenters. The maximum absolute atomic E-state index is 12.5. The maximum Gasteiger partial charge on any atom is 0.272 e. The van der Waals surface area contributed by atoms with Gasteiger partial charge in [0.05, 0.1) is 11.9 Å². The molecule has 0 saturated heterocycles. The third kappa shape index (κ3) is 3.70. The van der Waals surface area contributed by atoms with Crippen molar-refractivity contribution in [1.29, 1.82) is 0 Å². The molecule has 1 amide bonds. The highest BCUT2D eigenvalue weighted by Gasteiger charge is 2.33. The van der Waals surface area contributed by atoms with Crippen molar-refractivity contribution in [2.75, 3.05) is 5.73 Å². The van der Waals surface area contributed by atoms with Crippen molar-refractivity contribution >= 4 is 24.0 Å². The fraction of sp³-hybridized carbons (Fsp3) is 0.267. The van der Waals surface area contributed by atoms with E-state index in [0.29, 0.717) is 24.0 Å². The van der Waals surface area contributed by atoms with Gasteiger partial charge in [0.15, 0.2) is 0 Å². The van der Waals surface area contributed by atoms with E-state index in [9.17, 15) is 4.79 Å². The van der Waals surface area contributed by atoms with Gasteiger partial charge in [-0.25, -0.2) is 4.98 Å². The van der Waals surface area contributed by atoms with Crippen LogP contribution < -0.4 is 5.73 Å². The molecule has 0 bridgehead atoms. The Morgan fingerprint density at radius 2 is 1.95 bits per heavy atom. The molecule has 3 rings (SSSR count). The van der Waals surface area contributed by atoms with E-state index >= 15 is 0 Å². The average molecular weight is 305 g/mol. The standard InChI is InChI=1S/C15H16N4O.ClH/c16-12-1-4-14(18-9-12)15(20)19(13-2-3-13)10-11-5-7-17-8-6-11;/h1,4-9,13H,2-3,10,16H2;1H. The first-order valence-electron chi connectivity index (χ1n) is 6.65. The van der Waals surface area contributed by atoms with Crippen LogP contribution in [0, 0.1) is 0 Å². The highest BCUT2D eigenvalue weighted by Crippen LogP contribution is 2.29. The van der Waals surface area contributed by atoms with Crippen molar-refractivity contribution in [2.24, 2.45) is 0 Å². The van der Waals surface area contributed by atoms with E-state index < -0.39 is 0 Å². The van der Waals surface area contributed by atoms with Crippen molar-refractivity contribution < 1.29 is 4.79 Å². The molecule has 1 fully saturated rings. The molecule has 2 heterocycles. The van der Waals surface area contributed by atoms with Gasteiger partial charge in [-0.3, -0.25) is 9.78 Å². The normalized spacial score (nSPS) is 13.3. The minimum Gasteiger partial charge on any atom is -0.397 e. The summed E-state index contributed by atoms with van der Waals surface area (Å²) in [5.74, 6) is -0.0377. The summed E-state index contributed by atoms with van der Waals surface area (Å²) in [5.41, 5.74) is 7.69. The van der Waals surface area contributed by atoms with Gasteiger partial charge in [-0.05, 0) is 42.7 Å². The Hall–Kier alpha value is -2.14. The molecule has 110 valence electrons. The smallest absolute Gasteiger partial charge is 0.272 e. The summed E-state index contributed by atoms with van der Waals surface area (Å²) in [6.07, 6.45) is 7.13. The van der Waals surface area contributed by atoms with Gasteiger partial charge < -0.3 is 10.6 Å². The van der Waals surface area contributed by atoms with Crippen molar-refractivity contribution in [3.05, 3.63) is 54.1 Å². The van der Waals surface area contributed by atoms with E-state index in [2.05, 4.69) is 9.97 Å². The molecule has 2 aromatic rings. The number of carbonyl (C=O) groups is 1. The zero-order valence-electron chi connectivity index (χ0n) is 11.5. The number of aromatic nitrogens is 2. The van der Waals surface area contributed by atoms with Crippen LogP contribution in [0.1, 0.15) is 28.9 Å². The number of halogens is 1. The Bertz CT molecular complexity index is 599. The Labute approximate surface area is 129 Å². The Morgan fingerprint density at radius 3 is 2.52 bits per heavy atom. The van der Waals surface area contributed by atoms with Crippen LogP contribution in [0.15, 0.2) is 42.9 Å². The zero-order valence-corrected chi connectivity index (χ0v) is 12.3. The Balaban J connectivity index is 0.00000161. The van der Waals surface area contributed by atoms with Gasteiger partial charge in [-0.15, -0.1) is 12.4 Å². The summed E-state index contributed by atoms with van der Waals surface area (Å²) >= 11 is 0. The lowest BCUT2D eigenvalue weighted by Crippen LogP contribution is -2.33. The van der Waals surface area contributed by atoms with Crippen LogP contribution in [0.2, 0.25) is 0 Å². The predicted octanol–water partition coefficient (Wildman–Crippen LogP) is 2.29. The number of anilines is 1. The third-order valence-electron chi connectivity index (χ3n) is 3.36. The van der Waals surface area contributed by atoms with E-state index in [0.717, 1.165) is 18.4 Å². The maximum atomic E-state index is 12.5. The molecule has 0 atom stereocenters. The van der Waals surface area contributed by atoms with Crippen LogP contribution in [-0.2, 0) is 6.54 Å². The molecule has 21 heavy (non-hydrogen) atoms. The first-order valence-corrected chi connectivity index (χ1v) is 6.65. The number of carbonyl (C=O) groups excluding carboxylic acids is 1. The van der Waals surface area contributed by atoms with Gasteiger partial charge in [0, 0.05) is 25.0 Å². The van der Waals surface area contributed by atoms with Crippen molar-refractivity contribution in [2.45, 2.75) is 25.4 Å². The molecule has 1 saturated carbocycles. The summed E-state index contributed by atoms with van der Waals surface area (Å²) in [6.45, 7) is 0.595. The molecular formula is C15H17ClN4O.